The average Bonchev–Trinajstić information content (AvgIpc) is 3.25. The van der Waals surface area contributed by atoms with Gasteiger partial charge in [0.2, 0.25) is 0 Å². The van der Waals surface area contributed by atoms with E-state index in [1.165, 1.54) is 64.2 Å². The van der Waals surface area contributed by atoms with Crippen molar-refractivity contribution in [2.75, 3.05) is 205 Å². The summed E-state index contributed by atoms with van der Waals surface area (Å²) in [7, 11) is 0. The maximum atomic E-state index is 8.60. The summed E-state index contributed by atoms with van der Waals surface area (Å²) in [4.78, 5) is 0. The molecule has 0 aromatic carbocycles. The Kier molecular flexibility index (Phi) is 56.7. The van der Waals surface area contributed by atoms with Gasteiger partial charge in [0.15, 0.2) is 0 Å². The highest BCUT2D eigenvalue weighted by atomic mass is 16.6. The van der Waals surface area contributed by atoms with Crippen molar-refractivity contribution in [3.05, 3.63) is 0 Å². The highest BCUT2D eigenvalue weighted by Gasteiger charge is 1.98. The molecule has 0 radical (unpaired) electrons. The highest BCUT2D eigenvalue weighted by molar-refractivity contribution is 4.48. The lowest BCUT2D eigenvalue weighted by Crippen LogP contribution is -2.15. The summed E-state index contributed by atoms with van der Waals surface area (Å²) >= 11 is 0. The Balaban J connectivity index is 3.06. The summed E-state index contributed by atoms with van der Waals surface area (Å²) in [6.07, 6.45) is 14.8. The first-order chi connectivity index (χ1) is 29.4. The second kappa shape index (κ2) is 57.4. The first-order valence-corrected chi connectivity index (χ1v) is 22.7. The summed E-state index contributed by atoms with van der Waals surface area (Å²) in [5, 5.41) is 8.60. The van der Waals surface area contributed by atoms with Crippen LogP contribution in [0.15, 0.2) is 0 Å². The SMILES string of the molecule is CCCCCCCCCCCCCOCCOCCOCCOCCOCCOCCOCCOCCOCCOCCOCCOCCOCCOCCOCCO. The third kappa shape index (κ3) is 57.4. The third-order valence-corrected chi connectivity index (χ3v) is 8.34. The van der Waals surface area contributed by atoms with Gasteiger partial charge >= 0.3 is 0 Å². The van der Waals surface area contributed by atoms with Gasteiger partial charge in [-0.2, -0.15) is 0 Å². The molecular formula is C43H88O16. The van der Waals surface area contributed by atoms with E-state index in [-0.39, 0.29) is 6.61 Å². The largest absolute Gasteiger partial charge is 0.394 e. The molecular weight excluding hydrogens is 772 g/mol. The number of rotatable bonds is 56. The van der Waals surface area contributed by atoms with Crippen LogP contribution in [0.25, 0.3) is 0 Å². The van der Waals surface area contributed by atoms with Gasteiger partial charge in [-0.05, 0) is 6.42 Å². The third-order valence-electron chi connectivity index (χ3n) is 8.34. The van der Waals surface area contributed by atoms with Crippen LogP contribution in [-0.2, 0) is 71.1 Å². The fourth-order valence-corrected chi connectivity index (χ4v) is 5.11. The van der Waals surface area contributed by atoms with E-state index in [0.717, 1.165) is 13.0 Å². The Bertz CT molecular complexity index is 659. The van der Waals surface area contributed by atoms with Gasteiger partial charge in [-0.3, -0.25) is 0 Å². The molecule has 16 heteroatoms. The van der Waals surface area contributed by atoms with Crippen LogP contribution >= 0.6 is 0 Å². The van der Waals surface area contributed by atoms with Crippen molar-refractivity contribution in [1.29, 1.82) is 0 Å². The first-order valence-electron chi connectivity index (χ1n) is 22.7. The normalized spacial score (nSPS) is 11.7. The number of hydrogen-bond donors (Lipinski definition) is 1. The number of unbranched alkanes of at least 4 members (excludes halogenated alkanes) is 10. The van der Waals surface area contributed by atoms with Crippen LogP contribution < -0.4 is 0 Å². The molecule has 0 aliphatic heterocycles. The summed E-state index contributed by atoms with van der Waals surface area (Å²) in [5.74, 6) is 0. The summed E-state index contributed by atoms with van der Waals surface area (Å²) in [6, 6.07) is 0. The van der Waals surface area contributed by atoms with E-state index >= 15 is 0 Å². The topological polar surface area (TPSA) is 159 Å². The molecule has 1 N–H and O–H groups in total. The quantitative estimate of drug-likeness (QED) is 0.0850. The zero-order chi connectivity index (χ0) is 42.3. The Morgan fingerprint density at radius 3 is 0.525 bits per heavy atom. The summed E-state index contributed by atoms with van der Waals surface area (Å²) in [6.45, 7) is 18.0. The molecule has 0 spiro atoms. The molecule has 0 saturated carbocycles. The van der Waals surface area contributed by atoms with Crippen LogP contribution in [0, 0.1) is 0 Å². The van der Waals surface area contributed by atoms with Crippen LogP contribution in [0.5, 0.6) is 0 Å². The molecule has 59 heavy (non-hydrogen) atoms. The fraction of sp³-hybridized carbons (Fsp3) is 1.00. The molecule has 0 saturated heterocycles. The number of aliphatic hydroxyl groups excluding tert-OH is 1. The van der Waals surface area contributed by atoms with Crippen molar-refractivity contribution in [3.8, 4) is 0 Å². The smallest absolute Gasteiger partial charge is 0.0701 e. The minimum absolute atomic E-state index is 0.0236. The van der Waals surface area contributed by atoms with Gasteiger partial charge in [-0.25, -0.2) is 0 Å². The Labute approximate surface area is 358 Å². The molecule has 0 heterocycles. The number of hydrogen-bond acceptors (Lipinski definition) is 16. The van der Waals surface area contributed by atoms with Gasteiger partial charge < -0.3 is 76.2 Å². The standard InChI is InChI=1S/C43H88O16/c1-2-3-4-5-6-7-8-9-10-11-12-14-45-16-18-47-20-22-49-24-26-51-28-30-53-32-34-55-36-38-57-40-42-59-43-41-58-39-37-56-35-33-54-31-29-52-27-25-50-23-21-48-19-17-46-15-13-44/h44H,2-43H2,1H3. The van der Waals surface area contributed by atoms with Gasteiger partial charge in [0.05, 0.1) is 198 Å². The number of ether oxygens (including phenoxy) is 15. The average molecular weight is 861 g/mol. The summed E-state index contributed by atoms with van der Waals surface area (Å²) < 4.78 is 82.1. The molecule has 0 aromatic rings. The van der Waals surface area contributed by atoms with Crippen molar-refractivity contribution < 1.29 is 76.2 Å². The van der Waals surface area contributed by atoms with Gasteiger partial charge in [0.1, 0.15) is 0 Å². The molecule has 16 nitrogen and oxygen atoms in total. The van der Waals surface area contributed by atoms with Crippen molar-refractivity contribution >= 4 is 0 Å². The first kappa shape index (κ1) is 58.4. The maximum Gasteiger partial charge on any atom is 0.0701 e. The monoisotopic (exact) mass is 861 g/mol. The van der Waals surface area contributed by atoms with Crippen LogP contribution in [0.2, 0.25) is 0 Å². The van der Waals surface area contributed by atoms with E-state index < -0.39 is 0 Å². The Morgan fingerprint density at radius 1 is 0.186 bits per heavy atom. The van der Waals surface area contributed by atoms with Crippen molar-refractivity contribution in [1.82, 2.24) is 0 Å². The molecule has 0 fully saturated rings. The van der Waals surface area contributed by atoms with Crippen molar-refractivity contribution in [2.24, 2.45) is 0 Å². The molecule has 0 amide bonds. The van der Waals surface area contributed by atoms with Gasteiger partial charge in [0, 0.05) is 6.61 Å². The molecule has 0 unspecified atom stereocenters. The van der Waals surface area contributed by atoms with Crippen LogP contribution in [-0.4, -0.2) is 210 Å². The second-order valence-electron chi connectivity index (χ2n) is 13.4. The molecule has 0 aliphatic carbocycles. The van der Waals surface area contributed by atoms with Gasteiger partial charge in [-0.1, -0.05) is 71.1 Å². The second-order valence-corrected chi connectivity index (χ2v) is 13.4. The predicted molar refractivity (Wildman–Crippen MR) is 226 cm³/mol. The molecule has 0 rings (SSSR count). The fourth-order valence-electron chi connectivity index (χ4n) is 5.11. The van der Waals surface area contributed by atoms with Crippen molar-refractivity contribution in [3.63, 3.8) is 0 Å². The van der Waals surface area contributed by atoms with E-state index in [2.05, 4.69) is 6.92 Å². The summed E-state index contributed by atoms with van der Waals surface area (Å²) in [5.41, 5.74) is 0. The molecule has 0 bridgehead atoms. The Hall–Kier alpha value is -0.640. The van der Waals surface area contributed by atoms with Gasteiger partial charge in [0.25, 0.3) is 0 Å². The van der Waals surface area contributed by atoms with E-state index in [1.54, 1.807) is 0 Å². The maximum absolute atomic E-state index is 8.60. The minimum Gasteiger partial charge on any atom is -0.394 e. The van der Waals surface area contributed by atoms with E-state index in [0.29, 0.717) is 192 Å². The zero-order valence-corrected chi connectivity index (χ0v) is 37.3. The minimum atomic E-state index is 0.0236. The van der Waals surface area contributed by atoms with Crippen LogP contribution in [0.4, 0.5) is 0 Å². The van der Waals surface area contributed by atoms with Crippen LogP contribution in [0.1, 0.15) is 77.6 Å². The van der Waals surface area contributed by atoms with Crippen molar-refractivity contribution in [2.45, 2.75) is 77.6 Å². The van der Waals surface area contributed by atoms with E-state index in [4.69, 9.17) is 76.2 Å². The highest BCUT2D eigenvalue weighted by Crippen LogP contribution is 2.11. The molecule has 0 aromatic heterocycles. The van der Waals surface area contributed by atoms with Gasteiger partial charge in [-0.15, -0.1) is 0 Å². The molecule has 0 atom stereocenters. The lowest BCUT2D eigenvalue weighted by Gasteiger charge is -2.09. The van der Waals surface area contributed by atoms with E-state index in [1.807, 2.05) is 0 Å². The van der Waals surface area contributed by atoms with E-state index in [9.17, 15) is 0 Å². The zero-order valence-electron chi connectivity index (χ0n) is 37.3. The molecule has 356 valence electrons. The lowest BCUT2D eigenvalue weighted by atomic mass is 10.1. The molecule has 0 aliphatic rings. The Morgan fingerprint density at radius 2 is 0.339 bits per heavy atom. The van der Waals surface area contributed by atoms with Crippen LogP contribution in [0.3, 0.4) is 0 Å². The lowest BCUT2D eigenvalue weighted by molar-refractivity contribution is -0.0301. The number of aliphatic hydroxyl groups is 1. The predicted octanol–water partition coefficient (Wildman–Crippen LogP) is 4.54.